The van der Waals surface area contributed by atoms with E-state index in [2.05, 4.69) is 10.8 Å². The average Bonchev–Trinajstić information content (AvgIpc) is 2.86. The molecule has 6 heteroatoms. The Morgan fingerprint density at radius 1 is 1.44 bits per heavy atom. The van der Waals surface area contributed by atoms with Crippen molar-refractivity contribution in [2.24, 2.45) is 5.92 Å². The number of rotatable bonds is 6. The quantitative estimate of drug-likeness (QED) is 0.745. The van der Waals surface area contributed by atoms with Crippen LogP contribution in [0.3, 0.4) is 0 Å². The van der Waals surface area contributed by atoms with E-state index in [-0.39, 0.29) is 17.6 Å². The van der Waals surface area contributed by atoms with Crippen molar-refractivity contribution in [3.8, 4) is 0 Å². The van der Waals surface area contributed by atoms with E-state index in [1.807, 2.05) is 13.8 Å². The van der Waals surface area contributed by atoms with Crippen molar-refractivity contribution in [3.63, 3.8) is 0 Å². The summed E-state index contributed by atoms with van der Waals surface area (Å²) < 4.78 is 4.96. The largest absolute Gasteiger partial charge is 0.459 e. The Kier molecular flexibility index (Phi) is 5.38. The molecular weight excluding hydrogens is 236 g/mol. The molecule has 2 N–H and O–H groups in total. The van der Waals surface area contributed by atoms with Gasteiger partial charge in [0, 0.05) is 0 Å². The lowest BCUT2D eigenvalue weighted by atomic mass is 10.0. The van der Waals surface area contributed by atoms with Gasteiger partial charge in [0.15, 0.2) is 5.76 Å². The third-order valence-corrected chi connectivity index (χ3v) is 2.30. The van der Waals surface area contributed by atoms with Crippen LogP contribution in [-0.4, -0.2) is 24.5 Å². The van der Waals surface area contributed by atoms with Crippen LogP contribution in [-0.2, 0) is 9.63 Å². The smallest absolute Gasteiger partial charge is 0.287 e. The van der Waals surface area contributed by atoms with Gasteiger partial charge in [0.25, 0.3) is 11.8 Å². The van der Waals surface area contributed by atoms with Gasteiger partial charge in [-0.2, -0.15) is 0 Å². The zero-order valence-corrected chi connectivity index (χ0v) is 10.7. The van der Waals surface area contributed by atoms with Crippen molar-refractivity contribution in [2.45, 2.75) is 26.8 Å². The minimum atomic E-state index is -0.672. The van der Waals surface area contributed by atoms with E-state index in [4.69, 9.17) is 9.25 Å². The zero-order chi connectivity index (χ0) is 13.5. The van der Waals surface area contributed by atoms with Crippen LogP contribution < -0.4 is 10.8 Å². The molecule has 1 aromatic heterocycles. The SMILES string of the molecule is CCONC(=O)C(NC(=O)c1ccco1)C(C)C. The van der Waals surface area contributed by atoms with Crippen LogP contribution in [0.5, 0.6) is 0 Å². The molecule has 100 valence electrons. The number of furan rings is 1. The minimum absolute atomic E-state index is 0.0654. The molecule has 0 fully saturated rings. The van der Waals surface area contributed by atoms with Crippen LogP contribution in [0, 0.1) is 5.92 Å². The number of hydroxylamine groups is 1. The van der Waals surface area contributed by atoms with E-state index in [0.29, 0.717) is 6.61 Å². The molecule has 0 saturated carbocycles. The summed E-state index contributed by atoms with van der Waals surface area (Å²) in [5.74, 6) is -0.702. The third kappa shape index (κ3) is 3.89. The molecule has 0 aliphatic rings. The molecular formula is C12H18N2O4. The van der Waals surface area contributed by atoms with Crippen LogP contribution >= 0.6 is 0 Å². The molecule has 6 nitrogen and oxygen atoms in total. The van der Waals surface area contributed by atoms with Crippen LogP contribution in [0.2, 0.25) is 0 Å². The average molecular weight is 254 g/mol. The summed E-state index contributed by atoms with van der Waals surface area (Å²) in [6.07, 6.45) is 1.40. The highest BCUT2D eigenvalue weighted by Crippen LogP contribution is 2.05. The predicted octanol–water partition coefficient (Wildman–Crippen LogP) is 1.10. The molecule has 1 rings (SSSR count). The van der Waals surface area contributed by atoms with Crippen molar-refractivity contribution in [2.75, 3.05) is 6.61 Å². The lowest BCUT2D eigenvalue weighted by molar-refractivity contribution is -0.136. The normalized spacial score (nSPS) is 12.2. The number of hydrogen-bond acceptors (Lipinski definition) is 4. The fourth-order valence-corrected chi connectivity index (χ4v) is 1.36. The highest BCUT2D eigenvalue weighted by Gasteiger charge is 2.25. The molecule has 0 radical (unpaired) electrons. The molecule has 1 aromatic rings. The lowest BCUT2D eigenvalue weighted by Crippen LogP contribution is -2.49. The Morgan fingerprint density at radius 3 is 2.67 bits per heavy atom. The van der Waals surface area contributed by atoms with Gasteiger partial charge in [0.1, 0.15) is 6.04 Å². The van der Waals surface area contributed by atoms with Crippen LogP contribution in [0.25, 0.3) is 0 Å². The molecule has 0 bridgehead atoms. The Bertz CT molecular complexity index is 387. The number of hydrogen-bond donors (Lipinski definition) is 2. The second kappa shape index (κ2) is 6.80. The van der Waals surface area contributed by atoms with Crippen molar-refractivity contribution in [1.82, 2.24) is 10.8 Å². The lowest BCUT2D eigenvalue weighted by Gasteiger charge is -2.20. The molecule has 0 aromatic carbocycles. The number of amides is 2. The molecule has 1 unspecified atom stereocenters. The van der Waals surface area contributed by atoms with Crippen LogP contribution in [0.1, 0.15) is 31.3 Å². The summed E-state index contributed by atoms with van der Waals surface area (Å²) in [6, 6.07) is 2.47. The zero-order valence-electron chi connectivity index (χ0n) is 10.7. The van der Waals surface area contributed by atoms with E-state index in [1.54, 1.807) is 13.0 Å². The summed E-state index contributed by atoms with van der Waals surface area (Å²) in [4.78, 5) is 28.4. The summed E-state index contributed by atoms with van der Waals surface area (Å²) in [5, 5.41) is 2.60. The van der Waals surface area contributed by atoms with E-state index >= 15 is 0 Å². The summed E-state index contributed by atoms with van der Waals surface area (Å²) in [5.41, 5.74) is 2.28. The van der Waals surface area contributed by atoms with Gasteiger partial charge in [-0.3, -0.25) is 14.4 Å². The van der Waals surface area contributed by atoms with E-state index in [9.17, 15) is 9.59 Å². The van der Waals surface area contributed by atoms with Gasteiger partial charge in [0.05, 0.1) is 12.9 Å². The highest BCUT2D eigenvalue weighted by atomic mass is 16.6. The molecule has 1 atom stereocenters. The monoisotopic (exact) mass is 254 g/mol. The van der Waals surface area contributed by atoms with Crippen molar-refractivity contribution in [1.29, 1.82) is 0 Å². The maximum absolute atomic E-state index is 11.8. The van der Waals surface area contributed by atoms with E-state index in [0.717, 1.165) is 0 Å². The molecule has 0 saturated heterocycles. The van der Waals surface area contributed by atoms with Crippen molar-refractivity contribution < 1.29 is 18.8 Å². The van der Waals surface area contributed by atoms with E-state index in [1.165, 1.54) is 12.3 Å². The first-order chi connectivity index (χ1) is 8.56. The fourth-order valence-electron chi connectivity index (χ4n) is 1.36. The summed E-state index contributed by atoms with van der Waals surface area (Å²) >= 11 is 0. The standard InChI is InChI=1S/C12H18N2O4/c1-4-18-14-12(16)10(8(2)3)13-11(15)9-6-5-7-17-9/h5-8,10H,4H2,1-3H3,(H,13,15)(H,14,16). The van der Waals surface area contributed by atoms with Crippen LogP contribution in [0.4, 0.5) is 0 Å². The second-order valence-electron chi connectivity index (χ2n) is 4.07. The van der Waals surface area contributed by atoms with Crippen molar-refractivity contribution >= 4 is 11.8 Å². The van der Waals surface area contributed by atoms with Gasteiger partial charge >= 0.3 is 0 Å². The maximum atomic E-state index is 11.8. The Morgan fingerprint density at radius 2 is 2.17 bits per heavy atom. The van der Waals surface area contributed by atoms with Gasteiger partial charge in [-0.1, -0.05) is 13.8 Å². The van der Waals surface area contributed by atoms with E-state index < -0.39 is 11.9 Å². The van der Waals surface area contributed by atoms with Crippen LogP contribution in [0.15, 0.2) is 22.8 Å². The maximum Gasteiger partial charge on any atom is 0.287 e. The number of carbonyl (C=O) groups is 2. The van der Waals surface area contributed by atoms with Crippen molar-refractivity contribution in [3.05, 3.63) is 24.2 Å². The first-order valence-electron chi connectivity index (χ1n) is 5.82. The Labute approximate surface area is 106 Å². The molecule has 0 spiro atoms. The molecule has 18 heavy (non-hydrogen) atoms. The second-order valence-corrected chi connectivity index (χ2v) is 4.07. The van der Waals surface area contributed by atoms with Gasteiger partial charge in [0.2, 0.25) is 0 Å². The van der Waals surface area contributed by atoms with Gasteiger partial charge in [-0.15, -0.1) is 0 Å². The molecule has 1 heterocycles. The minimum Gasteiger partial charge on any atom is -0.459 e. The van der Waals surface area contributed by atoms with Gasteiger partial charge in [-0.05, 0) is 25.0 Å². The first-order valence-corrected chi connectivity index (χ1v) is 5.82. The summed E-state index contributed by atoms with van der Waals surface area (Å²) in [6.45, 7) is 5.78. The topological polar surface area (TPSA) is 80.6 Å². The number of nitrogens with one attached hydrogen (secondary N) is 2. The first kappa shape index (κ1) is 14.2. The number of carbonyl (C=O) groups excluding carboxylic acids is 2. The van der Waals surface area contributed by atoms with Gasteiger partial charge < -0.3 is 9.73 Å². The summed E-state index contributed by atoms with van der Waals surface area (Å²) in [7, 11) is 0. The Hall–Kier alpha value is -1.82. The molecule has 0 aliphatic carbocycles. The Balaban J connectivity index is 2.63. The highest BCUT2D eigenvalue weighted by molar-refractivity contribution is 5.95. The molecule has 2 amide bonds. The third-order valence-electron chi connectivity index (χ3n) is 2.30. The fraction of sp³-hybridized carbons (Fsp3) is 0.500. The molecule has 0 aliphatic heterocycles. The predicted molar refractivity (Wildman–Crippen MR) is 64.6 cm³/mol. The van der Waals surface area contributed by atoms with Gasteiger partial charge in [-0.25, -0.2) is 5.48 Å².